The lowest BCUT2D eigenvalue weighted by atomic mass is 10.1. The minimum Gasteiger partial charge on any atom is -0.361 e. The van der Waals surface area contributed by atoms with Crippen LogP contribution in [0.4, 0.5) is 0 Å². The number of aromatic amines is 1. The molecule has 0 aliphatic carbocycles. The Bertz CT molecular complexity index is 1040. The maximum absolute atomic E-state index is 12.1. The summed E-state index contributed by atoms with van der Waals surface area (Å²) in [5, 5.41) is 7.94. The van der Waals surface area contributed by atoms with Gasteiger partial charge >= 0.3 is 0 Å². The second-order valence-corrected chi connectivity index (χ2v) is 6.15. The van der Waals surface area contributed by atoms with E-state index in [0.29, 0.717) is 24.6 Å². The van der Waals surface area contributed by atoms with Crippen LogP contribution in [0.25, 0.3) is 22.4 Å². The lowest BCUT2D eigenvalue weighted by Crippen LogP contribution is -2.23. The van der Waals surface area contributed by atoms with Gasteiger partial charge in [0, 0.05) is 36.8 Å². The molecule has 0 aliphatic heterocycles. The highest BCUT2D eigenvalue weighted by molar-refractivity contribution is 5.84. The number of carbonyl (C=O) groups is 1. The van der Waals surface area contributed by atoms with E-state index >= 15 is 0 Å². The molecule has 0 spiro atoms. The Morgan fingerprint density at radius 3 is 3.00 bits per heavy atom. The Balaban J connectivity index is 1.32. The van der Waals surface area contributed by atoms with Gasteiger partial charge in [0.05, 0.1) is 12.2 Å². The van der Waals surface area contributed by atoms with E-state index in [-0.39, 0.29) is 12.5 Å². The molecule has 0 unspecified atom stereocenters. The predicted octanol–water partition coefficient (Wildman–Crippen LogP) is 2.81. The fraction of sp³-hybridized carbons (Fsp3) is 0.211. The van der Waals surface area contributed by atoms with Gasteiger partial charge in [-0.1, -0.05) is 23.4 Å². The number of H-pyrrole nitrogens is 1. The number of hydrogen-bond donors (Lipinski definition) is 2. The molecule has 4 rings (SSSR count). The third-order valence-corrected chi connectivity index (χ3v) is 4.37. The summed E-state index contributed by atoms with van der Waals surface area (Å²) >= 11 is 0. The Labute approximate surface area is 150 Å². The van der Waals surface area contributed by atoms with Crippen molar-refractivity contribution >= 4 is 16.8 Å². The molecule has 3 aromatic heterocycles. The molecule has 26 heavy (non-hydrogen) atoms. The average Bonchev–Trinajstić information content (AvgIpc) is 3.37. The van der Waals surface area contributed by atoms with E-state index in [1.165, 1.54) is 0 Å². The van der Waals surface area contributed by atoms with Crippen molar-refractivity contribution in [1.82, 2.24) is 25.0 Å². The van der Waals surface area contributed by atoms with Crippen LogP contribution in [0, 0.1) is 0 Å². The van der Waals surface area contributed by atoms with Crippen LogP contribution in [-0.4, -0.2) is 25.6 Å². The average molecular weight is 349 g/mol. The SMILES string of the molecule is Cn1cccc1-c1noc(CNC(=O)CCc2c[nH]c3ccccc23)n1. The van der Waals surface area contributed by atoms with Crippen LogP contribution >= 0.6 is 0 Å². The third kappa shape index (κ3) is 3.23. The highest BCUT2D eigenvalue weighted by Gasteiger charge is 2.12. The molecule has 0 aliphatic rings. The normalized spacial score (nSPS) is 11.1. The van der Waals surface area contributed by atoms with Gasteiger partial charge < -0.3 is 19.4 Å². The highest BCUT2D eigenvalue weighted by atomic mass is 16.5. The first-order valence-electron chi connectivity index (χ1n) is 8.46. The summed E-state index contributed by atoms with van der Waals surface area (Å²) in [5.74, 6) is 0.857. The van der Waals surface area contributed by atoms with E-state index in [0.717, 1.165) is 22.2 Å². The third-order valence-electron chi connectivity index (χ3n) is 4.37. The molecular weight excluding hydrogens is 330 g/mol. The number of hydrogen-bond acceptors (Lipinski definition) is 4. The van der Waals surface area contributed by atoms with Crippen molar-refractivity contribution in [3.63, 3.8) is 0 Å². The standard InChI is InChI=1S/C19H19N5O2/c1-24-10-4-7-16(24)19-22-18(26-23-19)12-21-17(25)9-8-13-11-20-15-6-3-2-5-14(13)15/h2-7,10-11,20H,8-9,12H2,1H3,(H,21,25). The van der Waals surface area contributed by atoms with Gasteiger partial charge in [-0.05, 0) is 30.2 Å². The summed E-state index contributed by atoms with van der Waals surface area (Å²) in [6, 6.07) is 11.9. The number of aromatic nitrogens is 4. The van der Waals surface area contributed by atoms with Crippen molar-refractivity contribution in [2.45, 2.75) is 19.4 Å². The zero-order valence-electron chi connectivity index (χ0n) is 14.4. The number of para-hydroxylation sites is 1. The molecule has 0 saturated carbocycles. The molecule has 0 radical (unpaired) electrons. The van der Waals surface area contributed by atoms with Crippen molar-refractivity contribution in [3.8, 4) is 11.5 Å². The molecule has 2 N–H and O–H groups in total. The van der Waals surface area contributed by atoms with Crippen LogP contribution in [0.3, 0.4) is 0 Å². The summed E-state index contributed by atoms with van der Waals surface area (Å²) in [5.41, 5.74) is 3.09. The van der Waals surface area contributed by atoms with Crippen molar-refractivity contribution in [3.05, 3.63) is 60.2 Å². The van der Waals surface area contributed by atoms with Gasteiger partial charge in [-0.25, -0.2) is 0 Å². The quantitative estimate of drug-likeness (QED) is 0.560. The van der Waals surface area contributed by atoms with Crippen molar-refractivity contribution in [1.29, 1.82) is 0 Å². The van der Waals surface area contributed by atoms with Crippen LogP contribution in [0.2, 0.25) is 0 Å². The lowest BCUT2D eigenvalue weighted by Gasteiger charge is -2.02. The van der Waals surface area contributed by atoms with Crippen molar-refractivity contribution < 1.29 is 9.32 Å². The fourth-order valence-corrected chi connectivity index (χ4v) is 2.97. The molecular formula is C19H19N5O2. The largest absolute Gasteiger partial charge is 0.361 e. The summed E-state index contributed by atoms with van der Waals surface area (Å²) in [4.78, 5) is 19.7. The maximum Gasteiger partial charge on any atom is 0.246 e. The van der Waals surface area contributed by atoms with E-state index in [4.69, 9.17) is 4.52 Å². The van der Waals surface area contributed by atoms with E-state index in [1.54, 1.807) is 0 Å². The molecule has 0 saturated heterocycles. The van der Waals surface area contributed by atoms with Crippen molar-refractivity contribution in [2.24, 2.45) is 7.05 Å². The monoisotopic (exact) mass is 349 g/mol. The van der Waals surface area contributed by atoms with E-state index in [2.05, 4.69) is 26.5 Å². The molecule has 132 valence electrons. The lowest BCUT2D eigenvalue weighted by molar-refractivity contribution is -0.121. The molecule has 1 amide bonds. The first kappa shape index (κ1) is 16.1. The number of benzene rings is 1. The summed E-state index contributed by atoms with van der Waals surface area (Å²) < 4.78 is 7.12. The Kier molecular flexibility index (Phi) is 4.27. The zero-order chi connectivity index (χ0) is 17.9. The first-order valence-corrected chi connectivity index (χ1v) is 8.46. The maximum atomic E-state index is 12.1. The zero-order valence-corrected chi connectivity index (χ0v) is 14.4. The second kappa shape index (κ2) is 6.87. The molecule has 0 bridgehead atoms. The number of rotatable bonds is 6. The molecule has 7 nitrogen and oxygen atoms in total. The van der Waals surface area contributed by atoms with Crippen molar-refractivity contribution in [2.75, 3.05) is 0 Å². The highest BCUT2D eigenvalue weighted by Crippen LogP contribution is 2.19. The van der Waals surface area contributed by atoms with Gasteiger partial charge in [0.15, 0.2) is 0 Å². The Morgan fingerprint density at radius 1 is 1.27 bits per heavy atom. The molecule has 4 aromatic rings. The smallest absolute Gasteiger partial charge is 0.246 e. The number of fused-ring (bicyclic) bond motifs is 1. The summed E-state index contributed by atoms with van der Waals surface area (Å²) in [6.45, 7) is 0.226. The number of carbonyl (C=O) groups excluding carboxylic acids is 1. The topological polar surface area (TPSA) is 88.7 Å². The van der Waals surface area contributed by atoms with Crippen LogP contribution in [-0.2, 0) is 24.8 Å². The van der Waals surface area contributed by atoms with Gasteiger partial charge in [-0.2, -0.15) is 4.98 Å². The van der Waals surface area contributed by atoms with E-state index in [9.17, 15) is 4.79 Å². The van der Waals surface area contributed by atoms with Gasteiger partial charge in [0.1, 0.15) is 0 Å². The molecule has 3 heterocycles. The van der Waals surface area contributed by atoms with E-state index < -0.39 is 0 Å². The second-order valence-electron chi connectivity index (χ2n) is 6.15. The Morgan fingerprint density at radius 2 is 2.15 bits per heavy atom. The van der Waals surface area contributed by atoms with Gasteiger partial charge in [-0.15, -0.1) is 0 Å². The summed E-state index contributed by atoms with van der Waals surface area (Å²) in [7, 11) is 1.91. The summed E-state index contributed by atoms with van der Waals surface area (Å²) in [6.07, 6.45) is 4.95. The Hall–Kier alpha value is -3.35. The number of nitrogens with zero attached hydrogens (tertiary/aromatic N) is 3. The fourth-order valence-electron chi connectivity index (χ4n) is 2.97. The van der Waals surface area contributed by atoms with Crippen LogP contribution in [0.15, 0.2) is 53.3 Å². The minimum absolute atomic E-state index is 0.0473. The predicted molar refractivity (Wildman–Crippen MR) is 97.2 cm³/mol. The van der Waals surface area contributed by atoms with Gasteiger partial charge in [0.2, 0.25) is 17.6 Å². The van der Waals surface area contributed by atoms with Crippen LogP contribution in [0.5, 0.6) is 0 Å². The minimum atomic E-state index is -0.0473. The van der Waals surface area contributed by atoms with Crippen LogP contribution in [0.1, 0.15) is 17.9 Å². The number of nitrogens with one attached hydrogen (secondary N) is 2. The molecule has 0 fully saturated rings. The molecule has 1 aromatic carbocycles. The van der Waals surface area contributed by atoms with Gasteiger partial charge in [-0.3, -0.25) is 4.79 Å². The van der Waals surface area contributed by atoms with E-state index in [1.807, 2.05) is 54.3 Å². The number of aryl methyl sites for hydroxylation is 2. The molecule has 0 atom stereocenters. The van der Waals surface area contributed by atoms with Crippen LogP contribution < -0.4 is 5.32 Å². The molecule has 7 heteroatoms. The first-order chi connectivity index (χ1) is 12.7. The number of amides is 1. The van der Waals surface area contributed by atoms with Gasteiger partial charge in [0.25, 0.3) is 0 Å².